The lowest BCUT2D eigenvalue weighted by atomic mass is 9.96. The van der Waals surface area contributed by atoms with E-state index in [9.17, 15) is 13.5 Å². The van der Waals surface area contributed by atoms with Gasteiger partial charge in [-0.2, -0.15) is 0 Å². The molecular weight excluding hydrogens is 258 g/mol. The molecule has 1 heterocycles. The smallest absolute Gasteiger partial charge is 0.209 e. The van der Waals surface area contributed by atoms with E-state index in [-0.39, 0.29) is 15.5 Å². The number of thiazole rings is 1. The summed E-state index contributed by atoms with van der Waals surface area (Å²) in [5.41, 5.74) is -1.35. The van der Waals surface area contributed by atoms with Crippen molar-refractivity contribution in [2.75, 3.05) is 5.75 Å². The van der Waals surface area contributed by atoms with Crippen molar-refractivity contribution in [1.29, 1.82) is 0 Å². The van der Waals surface area contributed by atoms with Crippen LogP contribution in [0.25, 0.3) is 0 Å². The van der Waals surface area contributed by atoms with Crippen LogP contribution < -0.4 is 0 Å². The minimum absolute atomic E-state index is 0.0875. The van der Waals surface area contributed by atoms with E-state index in [1.165, 1.54) is 25.2 Å². The summed E-state index contributed by atoms with van der Waals surface area (Å²) in [6.45, 7) is 8.97. The third-order valence-corrected chi connectivity index (χ3v) is 5.99. The Morgan fingerprint density at radius 3 is 2.18 bits per heavy atom. The first-order valence-corrected chi connectivity index (χ1v) is 7.80. The van der Waals surface area contributed by atoms with E-state index >= 15 is 0 Å². The standard InChI is InChI=1S/C11H19NO3S2/c1-10(2,3)8-6-12-9(16-8)17(14,15)7-11(4,5)13/h6,13H,7H2,1-5H3. The fraction of sp³-hybridized carbons (Fsp3) is 0.727. The zero-order chi connectivity index (χ0) is 13.5. The molecule has 1 N–H and O–H groups in total. The summed E-state index contributed by atoms with van der Waals surface area (Å²) in [5.74, 6) is -0.308. The minimum atomic E-state index is -3.50. The second-order valence-corrected chi connectivity index (χ2v) is 9.01. The highest BCUT2D eigenvalue weighted by Crippen LogP contribution is 2.30. The molecule has 0 amide bonds. The zero-order valence-corrected chi connectivity index (χ0v) is 12.4. The van der Waals surface area contributed by atoms with Crippen LogP contribution >= 0.6 is 11.3 Å². The first-order chi connectivity index (χ1) is 7.42. The normalized spacial score (nSPS) is 14.0. The molecule has 1 aromatic rings. The molecule has 0 bridgehead atoms. The van der Waals surface area contributed by atoms with Crippen molar-refractivity contribution >= 4 is 21.2 Å². The SMILES string of the molecule is CC(C)(O)CS(=O)(=O)c1ncc(C(C)(C)C)s1. The van der Waals surface area contributed by atoms with E-state index < -0.39 is 15.4 Å². The molecule has 1 rings (SSSR count). The van der Waals surface area contributed by atoms with Gasteiger partial charge in [-0.3, -0.25) is 0 Å². The lowest BCUT2D eigenvalue weighted by Gasteiger charge is -2.16. The molecule has 0 atom stereocenters. The van der Waals surface area contributed by atoms with Crippen LogP contribution in [0.3, 0.4) is 0 Å². The van der Waals surface area contributed by atoms with E-state index in [2.05, 4.69) is 4.98 Å². The van der Waals surface area contributed by atoms with Crippen LogP contribution in [-0.4, -0.2) is 29.9 Å². The average Bonchev–Trinajstić information content (AvgIpc) is 2.44. The van der Waals surface area contributed by atoms with E-state index in [4.69, 9.17) is 0 Å². The maximum absolute atomic E-state index is 12.0. The van der Waals surface area contributed by atoms with Gasteiger partial charge in [0.25, 0.3) is 0 Å². The van der Waals surface area contributed by atoms with Crippen molar-refractivity contribution in [2.45, 2.75) is 50.0 Å². The summed E-state index contributed by atoms with van der Waals surface area (Å²) in [4.78, 5) is 4.88. The monoisotopic (exact) mass is 277 g/mol. The lowest BCUT2D eigenvalue weighted by molar-refractivity contribution is 0.105. The van der Waals surface area contributed by atoms with Gasteiger partial charge in [0, 0.05) is 11.1 Å². The molecular formula is C11H19NO3S2. The molecule has 0 aromatic carbocycles. The second kappa shape index (κ2) is 4.33. The summed E-state index contributed by atoms with van der Waals surface area (Å²) >= 11 is 1.18. The highest BCUT2D eigenvalue weighted by Gasteiger charge is 2.29. The first-order valence-electron chi connectivity index (χ1n) is 5.33. The molecule has 1 aromatic heterocycles. The second-order valence-electron chi connectivity index (χ2n) is 5.81. The van der Waals surface area contributed by atoms with Gasteiger partial charge < -0.3 is 5.11 Å². The molecule has 98 valence electrons. The summed E-state index contributed by atoms with van der Waals surface area (Å²) in [6, 6.07) is 0. The number of aliphatic hydroxyl groups is 1. The van der Waals surface area contributed by atoms with Crippen LogP contribution in [0.5, 0.6) is 0 Å². The van der Waals surface area contributed by atoms with Gasteiger partial charge in [-0.05, 0) is 19.3 Å². The molecule has 0 saturated heterocycles. The van der Waals surface area contributed by atoms with Crippen LogP contribution in [0.2, 0.25) is 0 Å². The predicted octanol–water partition coefficient (Wildman–Crippen LogP) is 1.99. The number of nitrogens with zero attached hydrogens (tertiary/aromatic N) is 1. The highest BCUT2D eigenvalue weighted by molar-refractivity contribution is 7.93. The van der Waals surface area contributed by atoms with E-state index in [0.717, 1.165) is 4.88 Å². The highest BCUT2D eigenvalue weighted by atomic mass is 32.2. The fourth-order valence-corrected chi connectivity index (χ4v) is 4.20. The molecule has 4 nitrogen and oxygen atoms in total. The van der Waals surface area contributed by atoms with Gasteiger partial charge in [-0.1, -0.05) is 20.8 Å². The van der Waals surface area contributed by atoms with Crippen molar-refractivity contribution in [3.63, 3.8) is 0 Å². The maximum atomic E-state index is 12.0. The van der Waals surface area contributed by atoms with Gasteiger partial charge in [0.05, 0.1) is 11.4 Å². The summed E-state index contributed by atoms with van der Waals surface area (Å²) in [6.07, 6.45) is 1.60. The van der Waals surface area contributed by atoms with Crippen LogP contribution in [0.15, 0.2) is 10.5 Å². The van der Waals surface area contributed by atoms with Crippen molar-refractivity contribution in [3.05, 3.63) is 11.1 Å². The Balaban J connectivity index is 3.06. The lowest BCUT2D eigenvalue weighted by Crippen LogP contribution is -2.30. The van der Waals surface area contributed by atoms with Gasteiger partial charge in [-0.15, -0.1) is 11.3 Å². The zero-order valence-electron chi connectivity index (χ0n) is 10.8. The maximum Gasteiger partial charge on any atom is 0.209 e. The van der Waals surface area contributed by atoms with Crippen LogP contribution in [0.4, 0.5) is 0 Å². The molecule has 0 radical (unpaired) electrons. The molecule has 0 spiro atoms. The van der Waals surface area contributed by atoms with Crippen LogP contribution in [0.1, 0.15) is 39.5 Å². The van der Waals surface area contributed by atoms with Gasteiger partial charge >= 0.3 is 0 Å². The molecule has 0 fully saturated rings. The van der Waals surface area contributed by atoms with E-state index in [1.54, 1.807) is 6.20 Å². The Labute approximate surface area is 107 Å². The first kappa shape index (κ1) is 14.6. The molecule has 0 saturated carbocycles. The quantitative estimate of drug-likeness (QED) is 0.917. The van der Waals surface area contributed by atoms with Crippen LogP contribution in [0, 0.1) is 0 Å². The number of rotatable bonds is 3. The third kappa shape index (κ3) is 4.04. The topological polar surface area (TPSA) is 67.3 Å². The number of hydrogen-bond acceptors (Lipinski definition) is 5. The van der Waals surface area contributed by atoms with Crippen molar-refractivity contribution in [1.82, 2.24) is 4.98 Å². The molecule has 17 heavy (non-hydrogen) atoms. The van der Waals surface area contributed by atoms with Gasteiger partial charge in [-0.25, -0.2) is 13.4 Å². The van der Waals surface area contributed by atoms with Crippen LogP contribution in [-0.2, 0) is 15.3 Å². The Morgan fingerprint density at radius 2 is 1.82 bits per heavy atom. The van der Waals surface area contributed by atoms with Gasteiger partial charge in [0.1, 0.15) is 0 Å². The fourth-order valence-electron chi connectivity index (χ4n) is 1.28. The Kier molecular flexibility index (Phi) is 3.72. The minimum Gasteiger partial charge on any atom is -0.389 e. The molecule has 0 unspecified atom stereocenters. The van der Waals surface area contributed by atoms with Gasteiger partial charge in [0.15, 0.2) is 0 Å². The molecule has 6 heteroatoms. The summed E-state index contributed by atoms with van der Waals surface area (Å²) < 4.78 is 24.0. The third-order valence-electron chi connectivity index (χ3n) is 2.03. The Morgan fingerprint density at radius 1 is 1.29 bits per heavy atom. The van der Waals surface area contributed by atoms with Gasteiger partial charge in [0.2, 0.25) is 14.2 Å². The number of hydrogen-bond donors (Lipinski definition) is 1. The van der Waals surface area contributed by atoms with E-state index in [0.29, 0.717) is 0 Å². The Hall–Kier alpha value is -0.460. The molecule has 0 aliphatic heterocycles. The van der Waals surface area contributed by atoms with E-state index in [1.807, 2.05) is 20.8 Å². The number of sulfone groups is 1. The summed E-state index contributed by atoms with van der Waals surface area (Å²) in [5, 5.41) is 9.58. The molecule has 0 aliphatic carbocycles. The average molecular weight is 277 g/mol. The van der Waals surface area contributed by atoms with Crippen molar-refractivity contribution in [2.24, 2.45) is 0 Å². The predicted molar refractivity (Wildman–Crippen MR) is 69.2 cm³/mol. The largest absolute Gasteiger partial charge is 0.389 e. The Bertz CT molecular complexity index is 490. The number of aromatic nitrogens is 1. The summed E-state index contributed by atoms with van der Waals surface area (Å²) in [7, 11) is -3.50. The molecule has 0 aliphatic rings. The van der Waals surface area contributed by atoms with Crippen molar-refractivity contribution < 1.29 is 13.5 Å². The van der Waals surface area contributed by atoms with Crippen molar-refractivity contribution in [3.8, 4) is 0 Å².